The molecule has 274 valence electrons. The average Bonchev–Trinajstić information content (AvgIpc) is 3.14. The summed E-state index contributed by atoms with van der Waals surface area (Å²) in [5, 5.41) is 12.6. The summed E-state index contributed by atoms with van der Waals surface area (Å²) >= 11 is 0. The number of ether oxygens (including phenoxy) is 2. The molecule has 4 atom stereocenters. The summed E-state index contributed by atoms with van der Waals surface area (Å²) < 4.78 is 13.7. The number of aliphatic hydroxyl groups is 1. The Kier molecular flexibility index (Phi) is 17.5. The van der Waals surface area contributed by atoms with E-state index in [0.29, 0.717) is 6.54 Å². The predicted octanol–water partition coefficient (Wildman–Crippen LogP) is 10.3. The van der Waals surface area contributed by atoms with Gasteiger partial charge < -0.3 is 24.8 Å². The van der Waals surface area contributed by atoms with Crippen molar-refractivity contribution in [3.63, 3.8) is 0 Å². The maximum absolute atomic E-state index is 11.4. The van der Waals surface area contributed by atoms with Crippen LogP contribution in [0, 0.1) is 5.92 Å². The van der Waals surface area contributed by atoms with E-state index in [0.717, 1.165) is 53.0 Å². The lowest BCUT2D eigenvalue weighted by Crippen LogP contribution is -2.45. The van der Waals surface area contributed by atoms with Crippen LogP contribution >= 0.6 is 0 Å². The molecule has 3 aromatic rings. The number of nitrogens with zero attached hydrogens (tertiary/aromatic N) is 1. The quantitative estimate of drug-likeness (QED) is 0.103. The summed E-state index contributed by atoms with van der Waals surface area (Å²) in [6, 6.07) is 25.1. The van der Waals surface area contributed by atoms with Crippen molar-refractivity contribution in [3.05, 3.63) is 95.1 Å². The molecule has 0 aromatic heterocycles. The molecule has 4 unspecified atom stereocenters. The standard InChI is InChI=1S/C44H64N2O4/c1-5-7-9-11-13-15-28-46(29-16-14-12-10-8-6-2)32-42-34(3)43(39-22-20-36(33-47)21-23-39)50-44(49-42)40-26-24-38(25-27-40)41-19-17-18-37(30-41)31-45-35(4)48/h17-27,30,34,42-44,47H,5-16,28-29,31-33H2,1-4H3,(H,45,48). The highest BCUT2D eigenvalue weighted by atomic mass is 16.7. The normalized spacial score (nSPS) is 19.2. The van der Waals surface area contributed by atoms with Crippen molar-refractivity contribution in [2.75, 3.05) is 19.6 Å². The SMILES string of the molecule is CCCCCCCCN(CCCCCCCC)CC1OC(c2ccc(-c3cccc(CNC(C)=O)c3)cc2)OC(c2ccc(CO)cc2)C1C. The molecular weight excluding hydrogens is 620 g/mol. The van der Waals surface area contributed by atoms with Gasteiger partial charge in [-0.3, -0.25) is 4.79 Å². The Balaban J connectivity index is 1.51. The number of unbranched alkanes of at least 4 members (excludes halogenated alkanes) is 10. The minimum absolute atomic E-state index is 0.0154. The van der Waals surface area contributed by atoms with Gasteiger partial charge in [0.25, 0.3) is 0 Å². The van der Waals surface area contributed by atoms with Gasteiger partial charge in [-0.2, -0.15) is 0 Å². The molecule has 1 saturated heterocycles. The van der Waals surface area contributed by atoms with Gasteiger partial charge in [0.15, 0.2) is 6.29 Å². The van der Waals surface area contributed by atoms with E-state index in [2.05, 4.69) is 79.5 Å². The van der Waals surface area contributed by atoms with Crippen LogP contribution in [0.1, 0.15) is 139 Å². The van der Waals surface area contributed by atoms with Crippen LogP contribution in [0.25, 0.3) is 11.1 Å². The smallest absolute Gasteiger partial charge is 0.217 e. The molecule has 1 fully saturated rings. The third-order valence-corrected chi connectivity index (χ3v) is 10.2. The lowest BCUT2D eigenvalue weighted by atomic mass is 9.89. The summed E-state index contributed by atoms with van der Waals surface area (Å²) in [6.07, 6.45) is 15.0. The maximum Gasteiger partial charge on any atom is 0.217 e. The van der Waals surface area contributed by atoms with Crippen molar-refractivity contribution in [3.8, 4) is 11.1 Å². The summed E-state index contributed by atoms with van der Waals surface area (Å²) in [5.41, 5.74) is 6.33. The van der Waals surface area contributed by atoms with E-state index in [1.165, 1.54) is 77.0 Å². The Hall–Kier alpha value is -3.03. The molecule has 1 amide bonds. The van der Waals surface area contributed by atoms with Crippen molar-refractivity contribution in [2.45, 2.75) is 136 Å². The Morgan fingerprint density at radius 2 is 1.32 bits per heavy atom. The van der Waals surface area contributed by atoms with Crippen LogP contribution in [0.2, 0.25) is 0 Å². The van der Waals surface area contributed by atoms with E-state index in [4.69, 9.17) is 9.47 Å². The highest BCUT2D eigenvalue weighted by molar-refractivity contribution is 5.73. The predicted molar refractivity (Wildman–Crippen MR) is 206 cm³/mol. The van der Waals surface area contributed by atoms with E-state index in [1.54, 1.807) is 6.92 Å². The van der Waals surface area contributed by atoms with E-state index in [9.17, 15) is 9.90 Å². The average molecular weight is 685 g/mol. The number of nitrogens with one attached hydrogen (secondary N) is 1. The van der Waals surface area contributed by atoms with Crippen molar-refractivity contribution in [2.24, 2.45) is 5.92 Å². The summed E-state index contributed by atoms with van der Waals surface area (Å²) in [7, 11) is 0. The molecular formula is C44H64N2O4. The molecule has 50 heavy (non-hydrogen) atoms. The second kappa shape index (κ2) is 22.0. The molecule has 6 nitrogen and oxygen atoms in total. The van der Waals surface area contributed by atoms with Crippen LogP contribution in [-0.2, 0) is 27.4 Å². The number of hydrogen-bond donors (Lipinski definition) is 2. The molecule has 0 bridgehead atoms. The number of amides is 1. The zero-order valence-electron chi connectivity index (χ0n) is 31.4. The summed E-state index contributed by atoms with van der Waals surface area (Å²) in [6.45, 7) is 12.1. The number of carbonyl (C=O) groups is 1. The highest BCUT2D eigenvalue weighted by Crippen LogP contribution is 2.42. The van der Waals surface area contributed by atoms with Crippen molar-refractivity contribution in [1.29, 1.82) is 0 Å². The van der Waals surface area contributed by atoms with E-state index in [-0.39, 0.29) is 30.6 Å². The first-order chi connectivity index (χ1) is 24.4. The minimum atomic E-state index is -0.483. The largest absolute Gasteiger partial charge is 0.392 e. The zero-order chi connectivity index (χ0) is 35.6. The molecule has 0 saturated carbocycles. The van der Waals surface area contributed by atoms with Crippen molar-refractivity contribution >= 4 is 5.91 Å². The van der Waals surface area contributed by atoms with Gasteiger partial charge in [-0.1, -0.05) is 152 Å². The summed E-state index contributed by atoms with van der Waals surface area (Å²) in [4.78, 5) is 14.1. The summed E-state index contributed by atoms with van der Waals surface area (Å²) in [5.74, 6) is 0.129. The van der Waals surface area contributed by atoms with Crippen LogP contribution < -0.4 is 5.32 Å². The van der Waals surface area contributed by atoms with Crippen molar-refractivity contribution < 1.29 is 19.4 Å². The molecule has 1 aliphatic rings. The van der Waals surface area contributed by atoms with Crippen LogP contribution in [0.3, 0.4) is 0 Å². The molecule has 1 heterocycles. The topological polar surface area (TPSA) is 71.0 Å². The molecule has 0 aliphatic carbocycles. The van der Waals surface area contributed by atoms with Gasteiger partial charge in [0.1, 0.15) is 0 Å². The van der Waals surface area contributed by atoms with Crippen LogP contribution in [0.4, 0.5) is 0 Å². The fourth-order valence-electron chi connectivity index (χ4n) is 7.03. The Morgan fingerprint density at radius 1 is 0.720 bits per heavy atom. The fraction of sp³-hybridized carbons (Fsp3) is 0.568. The van der Waals surface area contributed by atoms with Gasteiger partial charge >= 0.3 is 0 Å². The molecule has 3 aromatic carbocycles. The Labute approximate surface area is 303 Å². The molecule has 0 radical (unpaired) electrons. The molecule has 0 spiro atoms. The third-order valence-electron chi connectivity index (χ3n) is 10.2. The van der Waals surface area contributed by atoms with Gasteiger partial charge in [0, 0.05) is 31.5 Å². The Bertz CT molecular complexity index is 1360. The number of hydrogen-bond acceptors (Lipinski definition) is 5. The molecule has 2 N–H and O–H groups in total. The molecule has 6 heteroatoms. The first-order valence-electron chi connectivity index (χ1n) is 19.6. The number of benzene rings is 3. The van der Waals surface area contributed by atoms with Gasteiger partial charge in [-0.05, 0) is 59.8 Å². The Morgan fingerprint density at radius 3 is 1.92 bits per heavy atom. The minimum Gasteiger partial charge on any atom is -0.392 e. The number of carbonyl (C=O) groups excluding carboxylic acids is 1. The first kappa shape index (κ1) is 39.8. The van der Waals surface area contributed by atoms with Crippen molar-refractivity contribution in [1.82, 2.24) is 10.2 Å². The number of rotatable bonds is 22. The zero-order valence-corrected chi connectivity index (χ0v) is 31.4. The van der Waals surface area contributed by atoms with Crippen LogP contribution in [-0.4, -0.2) is 41.7 Å². The highest BCUT2D eigenvalue weighted by Gasteiger charge is 2.39. The van der Waals surface area contributed by atoms with E-state index < -0.39 is 6.29 Å². The van der Waals surface area contributed by atoms with E-state index in [1.807, 2.05) is 24.3 Å². The molecule has 4 rings (SSSR count). The monoisotopic (exact) mass is 684 g/mol. The van der Waals surface area contributed by atoms with Gasteiger partial charge in [-0.15, -0.1) is 0 Å². The third kappa shape index (κ3) is 12.9. The van der Waals surface area contributed by atoms with Gasteiger partial charge in [0.2, 0.25) is 5.91 Å². The fourth-order valence-corrected chi connectivity index (χ4v) is 7.03. The second-order valence-corrected chi connectivity index (χ2v) is 14.4. The second-order valence-electron chi connectivity index (χ2n) is 14.4. The number of aliphatic hydroxyl groups excluding tert-OH is 1. The van der Waals surface area contributed by atoms with Gasteiger partial charge in [-0.25, -0.2) is 0 Å². The van der Waals surface area contributed by atoms with E-state index >= 15 is 0 Å². The first-order valence-corrected chi connectivity index (χ1v) is 19.6. The maximum atomic E-state index is 11.4. The lowest BCUT2D eigenvalue weighted by Gasteiger charge is -2.43. The lowest BCUT2D eigenvalue weighted by molar-refractivity contribution is -0.276. The van der Waals surface area contributed by atoms with Crippen LogP contribution in [0.5, 0.6) is 0 Å². The van der Waals surface area contributed by atoms with Gasteiger partial charge in [0.05, 0.1) is 18.8 Å². The molecule has 1 aliphatic heterocycles. The van der Waals surface area contributed by atoms with Crippen LogP contribution in [0.15, 0.2) is 72.8 Å².